The lowest BCUT2D eigenvalue weighted by Crippen LogP contribution is -2.30. The van der Waals surface area contributed by atoms with Gasteiger partial charge in [0, 0.05) is 49.4 Å². The van der Waals surface area contributed by atoms with Crippen molar-refractivity contribution < 1.29 is 0 Å². The van der Waals surface area contributed by atoms with Crippen LogP contribution in [0.25, 0.3) is 28.1 Å². The Labute approximate surface area is 203 Å². The molecule has 0 spiro atoms. The molecule has 6 rings (SSSR count). The van der Waals surface area contributed by atoms with Crippen LogP contribution in [0.3, 0.4) is 0 Å². The van der Waals surface area contributed by atoms with Crippen LogP contribution in [-0.2, 0) is 13.5 Å². The summed E-state index contributed by atoms with van der Waals surface area (Å²) in [6.07, 6.45) is 6.33. The van der Waals surface area contributed by atoms with E-state index in [2.05, 4.69) is 50.2 Å². The zero-order valence-corrected chi connectivity index (χ0v) is 20.7. The fraction of sp³-hybridized carbons (Fsp3) is 0.296. The summed E-state index contributed by atoms with van der Waals surface area (Å²) in [5, 5.41) is 13.9. The summed E-state index contributed by atoms with van der Waals surface area (Å²) >= 11 is 0. The molecule has 0 saturated heterocycles. The number of fused-ring (bicyclic) bond motifs is 2. The quantitative estimate of drug-likeness (QED) is 0.438. The molecule has 0 unspecified atom stereocenters. The van der Waals surface area contributed by atoms with Gasteiger partial charge in [0.1, 0.15) is 5.82 Å². The number of nitrogens with zero attached hydrogens (tertiary/aromatic N) is 6. The maximum Gasteiger partial charge on any atom is 0.338 e. The molecule has 4 heterocycles. The molecule has 0 amide bonds. The van der Waals surface area contributed by atoms with Crippen molar-refractivity contribution >= 4 is 10.9 Å². The number of aryl methyl sites for hydroxylation is 3. The Bertz CT molecular complexity index is 1640. The lowest BCUT2D eigenvalue weighted by atomic mass is 10.0. The molecule has 0 bridgehead atoms. The molecular weight excluding hydrogens is 438 g/mol. The zero-order chi connectivity index (χ0) is 24.4. The van der Waals surface area contributed by atoms with E-state index in [-0.39, 0.29) is 11.7 Å². The van der Waals surface area contributed by atoms with Gasteiger partial charge >= 0.3 is 5.69 Å². The fourth-order valence-electron chi connectivity index (χ4n) is 5.18. The van der Waals surface area contributed by atoms with E-state index < -0.39 is 0 Å². The molecule has 178 valence electrons. The predicted octanol–water partition coefficient (Wildman–Crippen LogP) is 3.83. The summed E-state index contributed by atoms with van der Waals surface area (Å²) in [5.41, 5.74) is 8.49. The summed E-state index contributed by atoms with van der Waals surface area (Å²) < 4.78 is 7.19. The zero-order valence-electron chi connectivity index (χ0n) is 20.7. The second-order valence-corrected chi connectivity index (χ2v) is 9.56. The number of benzene rings is 2. The average molecular weight is 468 g/mol. The lowest BCUT2D eigenvalue weighted by Gasteiger charge is -2.21. The van der Waals surface area contributed by atoms with Gasteiger partial charge in [-0.2, -0.15) is 10.2 Å². The van der Waals surface area contributed by atoms with Crippen molar-refractivity contribution in [2.24, 2.45) is 7.05 Å². The Kier molecular flexibility index (Phi) is 4.82. The molecule has 1 atom stereocenters. The highest BCUT2D eigenvalue weighted by Gasteiger charge is 2.28. The number of imidazole rings is 1. The molecule has 1 N–H and O–H groups in total. The van der Waals surface area contributed by atoms with Crippen LogP contribution in [0.4, 0.5) is 0 Å². The molecule has 1 aliphatic rings. The molecule has 8 nitrogen and oxygen atoms in total. The Morgan fingerprint density at radius 2 is 1.74 bits per heavy atom. The number of hydrogen-bond acceptors (Lipinski definition) is 4. The van der Waals surface area contributed by atoms with Crippen LogP contribution in [0.15, 0.2) is 53.7 Å². The van der Waals surface area contributed by atoms with Gasteiger partial charge in [-0.15, -0.1) is 0 Å². The van der Waals surface area contributed by atoms with Crippen LogP contribution in [0.2, 0.25) is 0 Å². The number of aromatic nitrogens is 6. The summed E-state index contributed by atoms with van der Waals surface area (Å²) in [6.45, 7) is 9.39. The third-order valence-corrected chi connectivity index (χ3v) is 7.39. The highest BCUT2D eigenvalue weighted by molar-refractivity contribution is 5.80. The highest BCUT2D eigenvalue weighted by Crippen LogP contribution is 2.31. The predicted molar refractivity (Wildman–Crippen MR) is 137 cm³/mol. The summed E-state index contributed by atoms with van der Waals surface area (Å²) in [6, 6.07) is 10.4. The first-order chi connectivity index (χ1) is 16.8. The van der Waals surface area contributed by atoms with Crippen LogP contribution in [0, 0.1) is 20.8 Å². The fourth-order valence-corrected chi connectivity index (χ4v) is 5.18. The monoisotopic (exact) mass is 467 g/mol. The first-order valence-corrected chi connectivity index (χ1v) is 12.0. The van der Waals surface area contributed by atoms with Gasteiger partial charge in [0.2, 0.25) is 0 Å². The number of hydrogen-bond donors (Lipinski definition) is 1. The third-order valence-electron chi connectivity index (χ3n) is 7.39. The van der Waals surface area contributed by atoms with Crippen LogP contribution in [-0.4, -0.2) is 35.2 Å². The van der Waals surface area contributed by atoms with E-state index in [1.54, 1.807) is 9.13 Å². The van der Waals surface area contributed by atoms with E-state index in [0.29, 0.717) is 0 Å². The van der Waals surface area contributed by atoms with Gasteiger partial charge in [-0.05, 0) is 74.7 Å². The van der Waals surface area contributed by atoms with Crippen LogP contribution in [0.1, 0.15) is 40.9 Å². The first-order valence-electron chi connectivity index (χ1n) is 12.0. The van der Waals surface area contributed by atoms with Crippen molar-refractivity contribution in [3.05, 3.63) is 87.4 Å². The Morgan fingerprint density at radius 1 is 1.00 bits per heavy atom. The maximum atomic E-state index is 13.8. The maximum absolute atomic E-state index is 13.8. The van der Waals surface area contributed by atoms with Crippen molar-refractivity contribution in [2.75, 3.05) is 6.54 Å². The van der Waals surface area contributed by atoms with Gasteiger partial charge in [0.25, 0.3) is 0 Å². The topological polar surface area (TPSA) is 74.6 Å². The molecule has 0 aliphatic carbocycles. The van der Waals surface area contributed by atoms with E-state index in [1.165, 1.54) is 16.7 Å². The minimum absolute atomic E-state index is 0.0946. The lowest BCUT2D eigenvalue weighted by molar-refractivity contribution is 0.536. The molecule has 0 saturated carbocycles. The smallest absolute Gasteiger partial charge is 0.310 e. The van der Waals surface area contributed by atoms with Crippen LogP contribution < -0.4 is 11.0 Å². The van der Waals surface area contributed by atoms with Crippen molar-refractivity contribution in [2.45, 2.75) is 40.2 Å². The highest BCUT2D eigenvalue weighted by atomic mass is 16.1. The normalized spacial score (nSPS) is 15.6. The molecule has 5 aromatic rings. The number of nitrogens with one attached hydrogen (secondary N) is 1. The molecular formula is C27H29N7O. The van der Waals surface area contributed by atoms with Crippen LogP contribution >= 0.6 is 0 Å². The van der Waals surface area contributed by atoms with E-state index in [0.717, 1.165) is 52.3 Å². The second-order valence-electron chi connectivity index (χ2n) is 9.56. The third kappa shape index (κ3) is 3.28. The molecule has 3 aromatic heterocycles. The average Bonchev–Trinajstić information content (AvgIpc) is 3.52. The summed E-state index contributed by atoms with van der Waals surface area (Å²) in [4.78, 5) is 13.8. The van der Waals surface area contributed by atoms with Gasteiger partial charge in [0.05, 0.1) is 28.8 Å². The minimum atomic E-state index is -0.129. The van der Waals surface area contributed by atoms with Gasteiger partial charge in [-0.25, -0.2) is 9.48 Å². The van der Waals surface area contributed by atoms with Crippen molar-refractivity contribution in [3.63, 3.8) is 0 Å². The first kappa shape index (κ1) is 21.6. The molecule has 0 radical (unpaired) electrons. The van der Waals surface area contributed by atoms with Gasteiger partial charge < -0.3 is 5.32 Å². The summed E-state index contributed by atoms with van der Waals surface area (Å²) in [5.74, 6) is 0.800. The Hall–Kier alpha value is -3.91. The van der Waals surface area contributed by atoms with Gasteiger partial charge in [-0.3, -0.25) is 13.8 Å². The van der Waals surface area contributed by atoms with Crippen molar-refractivity contribution in [3.8, 4) is 17.2 Å². The van der Waals surface area contributed by atoms with E-state index in [4.69, 9.17) is 5.10 Å². The van der Waals surface area contributed by atoms with E-state index in [1.807, 2.05) is 53.2 Å². The van der Waals surface area contributed by atoms with Crippen LogP contribution in [0.5, 0.6) is 0 Å². The van der Waals surface area contributed by atoms with Crippen molar-refractivity contribution in [1.29, 1.82) is 0 Å². The molecule has 8 heteroatoms. The second kappa shape index (κ2) is 7.81. The van der Waals surface area contributed by atoms with E-state index >= 15 is 0 Å². The molecule has 2 aromatic carbocycles. The van der Waals surface area contributed by atoms with Crippen molar-refractivity contribution in [1.82, 2.24) is 34.0 Å². The largest absolute Gasteiger partial charge is 0.338 e. The summed E-state index contributed by atoms with van der Waals surface area (Å²) in [7, 11) is 1.92. The van der Waals surface area contributed by atoms with Gasteiger partial charge in [0.15, 0.2) is 0 Å². The number of rotatable bonds is 3. The standard InChI is InChI=1S/C27H29N7O/c1-16-12-22(13-17(2)18(16)3)34-26(25-19(4)28-9-8-23(25)30-34)33-11-10-32(27(33)35)21-6-7-24-20(14-21)15-29-31(24)5/h6-7,10-15,19,28H,8-9H2,1-5H3/t19-/m0/s1. The Morgan fingerprint density at radius 3 is 2.51 bits per heavy atom. The SMILES string of the molecule is Cc1cc(-n2nc3c(c2-n2ccn(-c4ccc5c(cnn5C)c4)c2=O)[C@H](C)NCC3)cc(C)c1C. The van der Waals surface area contributed by atoms with Gasteiger partial charge in [-0.1, -0.05) is 0 Å². The molecule has 1 aliphatic heterocycles. The molecule has 35 heavy (non-hydrogen) atoms. The molecule has 0 fully saturated rings. The Balaban J connectivity index is 1.57. The minimum Gasteiger partial charge on any atom is -0.310 e. The van der Waals surface area contributed by atoms with E-state index in [9.17, 15) is 4.79 Å².